The molecule has 0 saturated carbocycles. The van der Waals surface area contributed by atoms with Crippen molar-refractivity contribution in [1.82, 2.24) is 9.78 Å². The van der Waals surface area contributed by atoms with Crippen LogP contribution in [-0.2, 0) is 13.5 Å². The molecule has 0 aliphatic heterocycles. The molecule has 0 aliphatic carbocycles. The maximum absolute atomic E-state index is 13.0. The van der Waals surface area contributed by atoms with Crippen LogP contribution in [0.25, 0.3) is 11.1 Å². The molecule has 5 heteroatoms. The van der Waals surface area contributed by atoms with E-state index in [2.05, 4.69) is 5.10 Å². The molecule has 3 aromatic rings. The van der Waals surface area contributed by atoms with Gasteiger partial charge in [-0.05, 0) is 35.7 Å². The smallest absolute Gasteiger partial charge is 0.278 e. The molecule has 0 aliphatic rings. The Morgan fingerprint density at radius 1 is 1.12 bits per heavy atom. The van der Waals surface area contributed by atoms with Crippen molar-refractivity contribution in [2.24, 2.45) is 7.05 Å². The van der Waals surface area contributed by atoms with Gasteiger partial charge < -0.3 is 5.11 Å². The molecule has 0 fully saturated rings. The standard InChI is InChI=1S/C19H17FN2O2/c1-12-5-3-4-6-15(12)17-18(23)16(21-22(2)19(17)24)11-13-7-9-14(20)10-8-13/h3-10,23H,11H2,1-2H3. The molecule has 0 amide bonds. The molecular weight excluding hydrogens is 307 g/mol. The Morgan fingerprint density at radius 3 is 2.46 bits per heavy atom. The van der Waals surface area contributed by atoms with Gasteiger partial charge in [-0.25, -0.2) is 9.07 Å². The Kier molecular flexibility index (Phi) is 4.16. The minimum Gasteiger partial charge on any atom is -0.505 e. The predicted molar refractivity (Wildman–Crippen MR) is 90.5 cm³/mol. The van der Waals surface area contributed by atoms with Crippen molar-refractivity contribution in [3.63, 3.8) is 0 Å². The number of halogens is 1. The van der Waals surface area contributed by atoms with Crippen molar-refractivity contribution >= 4 is 0 Å². The highest BCUT2D eigenvalue weighted by Gasteiger charge is 2.18. The lowest BCUT2D eigenvalue weighted by Crippen LogP contribution is -2.23. The van der Waals surface area contributed by atoms with Crippen LogP contribution in [0.15, 0.2) is 53.3 Å². The first-order valence-electron chi connectivity index (χ1n) is 7.57. The summed E-state index contributed by atoms with van der Waals surface area (Å²) < 4.78 is 14.3. The van der Waals surface area contributed by atoms with E-state index in [1.807, 2.05) is 25.1 Å². The first-order valence-corrected chi connectivity index (χ1v) is 7.57. The number of nitrogens with zero attached hydrogens (tertiary/aromatic N) is 2. The fourth-order valence-corrected chi connectivity index (χ4v) is 2.69. The minimum absolute atomic E-state index is 0.128. The molecule has 0 unspecified atom stereocenters. The summed E-state index contributed by atoms with van der Waals surface area (Å²) in [6.45, 7) is 1.88. The second-order valence-electron chi connectivity index (χ2n) is 5.72. The van der Waals surface area contributed by atoms with Gasteiger partial charge in [0, 0.05) is 13.5 Å². The summed E-state index contributed by atoms with van der Waals surface area (Å²) in [7, 11) is 1.55. The Hall–Kier alpha value is -2.95. The molecular formula is C19H17FN2O2. The molecule has 4 nitrogen and oxygen atoms in total. The summed E-state index contributed by atoms with van der Waals surface area (Å²) in [5, 5.41) is 14.8. The number of aromatic hydroxyl groups is 1. The molecule has 0 bridgehead atoms. The SMILES string of the molecule is Cc1ccccc1-c1c(O)c(Cc2ccc(F)cc2)nn(C)c1=O. The van der Waals surface area contributed by atoms with Gasteiger partial charge in [0.1, 0.15) is 11.5 Å². The number of hydrogen-bond acceptors (Lipinski definition) is 3. The summed E-state index contributed by atoms with van der Waals surface area (Å²) >= 11 is 0. The highest BCUT2D eigenvalue weighted by molar-refractivity contribution is 5.72. The van der Waals surface area contributed by atoms with Gasteiger partial charge in [-0.1, -0.05) is 36.4 Å². The monoisotopic (exact) mass is 324 g/mol. The molecule has 0 atom stereocenters. The van der Waals surface area contributed by atoms with Gasteiger partial charge in [-0.2, -0.15) is 5.10 Å². The molecule has 1 N–H and O–H groups in total. The molecule has 1 aromatic heterocycles. The summed E-state index contributed by atoms with van der Waals surface area (Å²) in [5.74, 6) is -0.450. The van der Waals surface area contributed by atoms with Crippen molar-refractivity contribution < 1.29 is 9.50 Å². The van der Waals surface area contributed by atoms with Gasteiger partial charge in [-0.15, -0.1) is 0 Å². The second kappa shape index (κ2) is 6.28. The Morgan fingerprint density at radius 2 is 1.79 bits per heavy atom. The third-order valence-electron chi connectivity index (χ3n) is 3.99. The lowest BCUT2D eigenvalue weighted by atomic mass is 9.99. The van der Waals surface area contributed by atoms with E-state index in [1.165, 1.54) is 16.8 Å². The van der Waals surface area contributed by atoms with Crippen molar-refractivity contribution in [3.05, 3.63) is 81.5 Å². The van der Waals surface area contributed by atoms with Crippen LogP contribution in [0, 0.1) is 12.7 Å². The number of rotatable bonds is 3. The first kappa shape index (κ1) is 15.9. The maximum atomic E-state index is 13.0. The summed E-state index contributed by atoms with van der Waals surface area (Å²) in [6.07, 6.45) is 0.305. The van der Waals surface area contributed by atoms with Crippen LogP contribution in [0.1, 0.15) is 16.8 Å². The lowest BCUT2D eigenvalue weighted by molar-refractivity contribution is 0.458. The third kappa shape index (κ3) is 2.93. The fourth-order valence-electron chi connectivity index (χ4n) is 2.69. The molecule has 2 aromatic carbocycles. The van der Waals surface area contributed by atoms with Crippen LogP contribution in [0.5, 0.6) is 5.75 Å². The zero-order valence-corrected chi connectivity index (χ0v) is 13.5. The lowest BCUT2D eigenvalue weighted by Gasteiger charge is -2.12. The average molecular weight is 324 g/mol. The Labute approximate surface area is 138 Å². The zero-order chi connectivity index (χ0) is 17.3. The third-order valence-corrected chi connectivity index (χ3v) is 3.99. The molecule has 122 valence electrons. The van der Waals surface area contributed by atoms with Gasteiger partial charge in [-0.3, -0.25) is 4.79 Å². The summed E-state index contributed by atoms with van der Waals surface area (Å²) in [4.78, 5) is 12.5. The van der Waals surface area contributed by atoms with Crippen molar-refractivity contribution in [2.45, 2.75) is 13.3 Å². The minimum atomic E-state index is -0.357. The van der Waals surface area contributed by atoms with Crippen molar-refractivity contribution in [1.29, 1.82) is 0 Å². The predicted octanol–water partition coefficient (Wildman–Crippen LogP) is 3.19. The van der Waals surface area contributed by atoms with Gasteiger partial charge in [0.15, 0.2) is 5.75 Å². The number of benzene rings is 2. The fraction of sp³-hybridized carbons (Fsp3) is 0.158. The number of hydrogen-bond donors (Lipinski definition) is 1. The summed E-state index contributed by atoms with van der Waals surface area (Å²) in [6, 6.07) is 13.4. The van der Waals surface area contributed by atoms with Gasteiger partial charge >= 0.3 is 0 Å². The summed E-state index contributed by atoms with van der Waals surface area (Å²) in [5.41, 5.74) is 2.63. The average Bonchev–Trinajstić information content (AvgIpc) is 2.56. The van der Waals surface area contributed by atoms with E-state index in [4.69, 9.17) is 0 Å². The maximum Gasteiger partial charge on any atom is 0.278 e. The van der Waals surface area contributed by atoms with Crippen LogP contribution in [0.2, 0.25) is 0 Å². The van der Waals surface area contributed by atoms with Gasteiger partial charge in [0.25, 0.3) is 5.56 Å². The van der Waals surface area contributed by atoms with Crippen LogP contribution in [-0.4, -0.2) is 14.9 Å². The number of aromatic nitrogens is 2. The van der Waals surface area contributed by atoms with Crippen LogP contribution in [0.4, 0.5) is 4.39 Å². The van der Waals surface area contributed by atoms with E-state index >= 15 is 0 Å². The first-order chi connectivity index (χ1) is 11.5. The van der Waals surface area contributed by atoms with Crippen molar-refractivity contribution in [2.75, 3.05) is 0 Å². The van der Waals surface area contributed by atoms with E-state index in [-0.39, 0.29) is 22.7 Å². The molecule has 1 heterocycles. The normalized spacial score (nSPS) is 10.8. The van der Waals surface area contributed by atoms with Crippen molar-refractivity contribution in [3.8, 4) is 16.9 Å². The van der Waals surface area contributed by atoms with E-state index < -0.39 is 0 Å². The topological polar surface area (TPSA) is 55.1 Å². The van der Waals surface area contributed by atoms with Gasteiger partial charge in [0.2, 0.25) is 0 Å². The molecule has 0 radical (unpaired) electrons. The zero-order valence-electron chi connectivity index (χ0n) is 13.5. The van der Waals surface area contributed by atoms with Crippen LogP contribution in [0.3, 0.4) is 0 Å². The molecule has 0 saturated heterocycles. The highest BCUT2D eigenvalue weighted by Crippen LogP contribution is 2.31. The van der Waals surface area contributed by atoms with E-state index in [0.717, 1.165) is 11.1 Å². The van der Waals surface area contributed by atoms with E-state index in [1.54, 1.807) is 25.2 Å². The van der Waals surface area contributed by atoms with Crippen LogP contribution >= 0.6 is 0 Å². The number of aryl methyl sites for hydroxylation is 2. The molecule has 0 spiro atoms. The quantitative estimate of drug-likeness (QED) is 0.805. The second-order valence-corrected chi connectivity index (χ2v) is 5.72. The Balaban J connectivity index is 2.14. The Bertz CT molecular complexity index is 947. The molecule has 24 heavy (non-hydrogen) atoms. The largest absolute Gasteiger partial charge is 0.505 e. The van der Waals surface area contributed by atoms with E-state index in [0.29, 0.717) is 17.7 Å². The van der Waals surface area contributed by atoms with Gasteiger partial charge in [0.05, 0.1) is 5.56 Å². The van der Waals surface area contributed by atoms with Crippen LogP contribution < -0.4 is 5.56 Å². The van der Waals surface area contributed by atoms with E-state index in [9.17, 15) is 14.3 Å². The molecule has 3 rings (SSSR count). The highest BCUT2D eigenvalue weighted by atomic mass is 19.1.